The highest BCUT2D eigenvalue weighted by atomic mass is 32.2. The Labute approximate surface area is 190 Å². The highest BCUT2D eigenvalue weighted by Crippen LogP contribution is 2.24. The van der Waals surface area contributed by atoms with E-state index in [1.165, 1.54) is 9.71 Å². The van der Waals surface area contributed by atoms with Crippen molar-refractivity contribution in [3.8, 4) is 11.5 Å². The number of amides is 1. The van der Waals surface area contributed by atoms with E-state index in [4.69, 9.17) is 9.47 Å². The predicted molar refractivity (Wildman–Crippen MR) is 125 cm³/mol. The van der Waals surface area contributed by atoms with E-state index < -0.39 is 10.0 Å². The minimum absolute atomic E-state index is 0.0382. The number of benzene rings is 2. The molecule has 1 saturated heterocycles. The van der Waals surface area contributed by atoms with Crippen LogP contribution >= 0.6 is 0 Å². The van der Waals surface area contributed by atoms with Crippen LogP contribution < -0.4 is 14.8 Å². The average molecular weight is 459 g/mol. The van der Waals surface area contributed by atoms with E-state index in [2.05, 4.69) is 5.32 Å². The van der Waals surface area contributed by atoms with Crippen LogP contribution in [0.4, 0.5) is 0 Å². The van der Waals surface area contributed by atoms with Gasteiger partial charge in [-0.3, -0.25) is 4.79 Å². The second kappa shape index (κ2) is 11.2. The summed E-state index contributed by atoms with van der Waals surface area (Å²) in [5.74, 6) is 1.26. The van der Waals surface area contributed by atoms with Crippen LogP contribution in [0.3, 0.4) is 0 Å². The molecule has 1 fully saturated rings. The van der Waals surface area contributed by atoms with Crippen LogP contribution in [-0.2, 0) is 21.2 Å². The molecule has 1 aliphatic rings. The molecule has 0 aromatic heterocycles. The van der Waals surface area contributed by atoms with E-state index in [-0.39, 0.29) is 11.8 Å². The monoisotopic (exact) mass is 458 g/mol. The Morgan fingerprint density at radius 2 is 1.81 bits per heavy atom. The first-order valence-corrected chi connectivity index (χ1v) is 12.1. The number of rotatable bonds is 9. The van der Waals surface area contributed by atoms with Crippen molar-refractivity contribution in [1.82, 2.24) is 9.62 Å². The number of methoxy groups -OCH3 is 2. The molecule has 2 aromatic carbocycles. The van der Waals surface area contributed by atoms with E-state index >= 15 is 0 Å². The van der Waals surface area contributed by atoms with Crippen LogP contribution in [0, 0.1) is 5.92 Å². The van der Waals surface area contributed by atoms with Crippen molar-refractivity contribution in [1.29, 1.82) is 0 Å². The van der Waals surface area contributed by atoms with Crippen molar-refractivity contribution in [2.24, 2.45) is 5.92 Å². The Morgan fingerprint density at radius 1 is 1.09 bits per heavy atom. The van der Waals surface area contributed by atoms with Crippen LogP contribution in [0.1, 0.15) is 24.0 Å². The molecule has 32 heavy (non-hydrogen) atoms. The first kappa shape index (κ1) is 23.8. The zero-order valence-electron chi connectivity index (χ0n) is 18.5. The Kier molecular flexibility index (Phi) is 8.30. The fourth-order valence-electron chi connectivity index (χ4n) is 3.73. The number of carbonyl (C=O) groups is 1. The molecule has 3 rings (SSSR count). The van der Waals surface area contributed by atoms with Gasteiger partial charge < -0.3 is 14.8 Å². The summed E-state index contributed by atoms with van der Waals surface area (Å²) in [6.07, 6.45) is 3.23. The van der Waals surface area contributed by atoms with Crippen LogP contribution in [0.5, 0.6) is 11.5 Å². The van der Waals surface area contributed by atoms with Gasteiger partial charge in [0.2, 0.25) is 15.9 Å². The lowest BCUT2D eigenvalue weighted by Gasteiger charge is -2.29. The maximum atomic E-state index is 12.6. The molecule has 1 aliphatic heterocycles. The Balaban J connectivity index is 1.48. The molecule has 2 aromatic rings. The SMILES string of the molecule is COc1ccc(OC)c(CCNC(=O)C2CCN(S(=O)(=O)/C=C/c3ccccc3)CC2)c1. The van der Waals surface area contributed by atoms with E-state index in [9.17, 15) is 13.2 Å². The molecule has 0 spiro atoms. The van der Waals surface area contributed by atoms with Crippen LogP contribution in [-0.4, -0.2) is 52.5 Å². The van der Waals surface area contributed by atoms with Gasteiger partial charge in [0.25, 0.3) is 0 Å². The summed E-state index contributed by atoms with van der Waals surface area (Å²) in [4.78, 5) is 12.6. The Bertz CT molecular complexity index is 1030. The normalized spacial score (nSPS) is 15.6. The smallest absolute Gasteiger partial charge is 0.236 e. The first-order valence-electron chi connectivity index (χ1n) is 10.6. The van der Waals surface area contributed by atoms with Crippen LogP contribution in [0.2, 0.25) is 0 Å². The van der Waals surface area contributed by atoms with Gasteiger partial charge in [0, 0.05) is 31.0 Å². The number of nitrogens with one attached hydrogen (secondary N) is 1. The lowest BCUT2D eigenvalue weighted by Crippen LogP contribution is -2.42. The summed E-state index contributed by atoms with van der Waals surface area (Å²) in [6, 6.07) is 14.9. The third kappa shape index (κ3) is 6.34. The number of carbonyl (C=O) groups excluding carboxylic acids is 1. The van der Waals surface area contributed by atoms with Crippen molar-refractivity contribution in [3.05, 3.63) is 65.1 Å². The molecule has 1 amide bonds. The number of hydrogen-bond acceptors (Lipinski definition) is 5. The molecule has 7 nitrogen and oxygen atoms in total. The fraction of sp³-hybridized carbons (Fsp3) is 0.375. The molecule has 0 bridgehead atoms. The van der Waals surface area contributed by atoms with Crippen molar-refractivity contribution >= 4 is 22.0 Å². The number of nitrogens with zero attached hydrogens (tertiary/aromatic N) is 1. The van der Waals surface area contributed by atoms with Gasteiger partial charge in [-0.05, 0) is 54.7 Å². The molecular formula is C24H30N2O5S. The van der Waals surface area contributed by atoms with Gasteiger partial charge in [-0.2, -0.15) is 4.31 Å². The van der Waals surface area contributed by atoms with Gasteiger partial charge in [-0.25, -0.2) is 8.42 Å². The standard InChI is InChI=1S/C24H30N2O5S/c1-30-22-8-9-23(31-2)21(18-22)10-14-25-24(27)20-11-15-26(16-12-20)32(28,29)17-13-19-6-4-3-5-7-19/h3-9,13,17-18,20H,10-12,14-16H2,1-2H3,(H,25,27)/b17-13+. The molecular weight excluding hydrogens is 428 g/mol. The molecule has 0 atom stereocenters. The topological polar surface area (TPSA) is 84.9 Å². The molecule has 0 unspecified atom stereocenters. The van der Waals surface area contributed by atoms with E-state index in [1.807, 2.05) is 48.5 Å². The zero-order chi connectivity index (χ0) is 23.0. The first-order chi connectivity index (χ1) is 15.4. The van der Waals surface area contributed by atoms with Gasteiger partial charge in [0.1, 0.15) is 11.5 Å². The maximum Gasteiger partial charge on any atom is 0.236 e. The predicted octanol–water partition coefficient (Wildman–Crippen LogP) is 3.08. The maximum absolute atomic E-state index is 12.6. The Hall–Kier alpha value is -2.84. The quantitative estimate of drug-likeness (QED) is 0.624. The molecule has 0 radical (unpaired) electrons. The molecule has 0 aliphatic carbocycles. The summed E-state index contributed by atoms with van der Waals surface area (Å²) in [5.41, 5.74) is 1.79. The highest BCUT2D eigenvalue weighted by Gasteiger charge is 2.29. The van der Waals surface area contributed by atoms with Crippen molar-refractivity contribution in [2.45, 2.75) is 19.3 Å². The van der Waals surface area contributed by atoms with Gasteiger partial charge >= 0.3 is 0 Å². The second-order valence-corrected chi connectivity index (χ2v) is 9.47. The molecule has 1 N–H and O–H groups in total. The van der Waals surface area contributed by atoms with Gasteiger partial charge in [-0.15, -0.1) is 0 Å². The summed E-state index contributed by atoms with van der Waals surface area (Å²) in [6.45, 7) is 1.15. The highest BCUT2D eigenvalue weighted by molar-refractivity contribution is 7.92. The number of sulfonamides is 1. The molecule has 1 heterocycles. The van der Waals surface area contributed by atoms with E-state index in [0.717, 1.165) is 22.6 Å². The second-order valence-electron chi connectivity index (χ2n) is 7.65. The van der Waals surface area contributed by atoms with Gasteiger partial charge in [0.05, 0.1) is 14.2 Å². The summed E-state index contributed by atoms with van der Waals surface area (Å²) < 4.78 is 37.3. The number of piperidine rings is 1. The lowest BCUT2D eigenvalue weighted by molar-refractivity contribution is -0.126. The van der Waals surface area contributed by atoms with E-state index in [0.29, 0.717) is 38.9 Å². The minimum Gasteiger partial charge on any atom is -0.497 e. The largest absolute Gasteiger partial charge is 0.497 e. The summed E-state index contributed by atoms with van der Waals surface area (Å²) in [7, 11) is -0.282. The van der Waals surface area contributed by atoms with Crippen molar-refractivity contribution < 1.29 is 22.7 Å². The summed E-state index contributed by atoms with van der Waals surface area (Å²) in [5, 5.41) is 4.21. The molecule has 0 saturated carbocycles. The molecule has 8 heteroatoms. The van der Waals surface area contributed by atoms with Crippen LogP contribution in [0.15, 0.2) is 53.9 Å². The number of hydrogen-bond donors (Lipinski definition) is 1. The number of ether oxygens (including phenoxy) is 2. The van der Waals surface area contributed by atoms with Crippen molar-refractivity contribution in [3.63, 3.8) is 0 Å². The zero-order valence-corrected chi connectivity index (χ0v) is 19.3. The molecule has 172 valence electrons. The van der Waals surface area contributed by atoms with Crippen molar-refractivity contribution in [2.75, 3.05) is 33.9 Å². The third-order valence-electron chi connectivity index (χ3n) is 5.60. The minimum atomic E-state index is -3.50. The average Bonchev–Trinajstić information content (AvgIpc) is 2.83. The summed E-state index contributed by atoms with van der Waals surface area (Å²) >= 11 is 0. The Morgan fingerprint density at radius 3 is 2.47 bits per heavy atom. The third-order valence-corrected chi connectivity index (χ3v) is 7.16. The van der Waals surface area contributed by atoms with E-state index in [1.54, 1.807) is 20.3 Å². The fourth-order valence-corrected chi connectivity index (χ4v) is 4.95. The van der Waals surface area contributed by atoms with Gasteiger partial charge in [0.15, 0.2) is 0 Å². The van der Waals surface area contributed by atoms with Gasteiger partial charge in [-0.1, -0.05) is 30.3 Å². The van der Waals surface area contributed by atoms with Crippen LogP contribution in [0.25, 0.3) is 6.08 Å². The lowest BCUT2D eigenvalue weighted by atomic mass is 9.97.